The Hall–Kier alpha value is -3.50. The van der Waals surface area contributed by atoms with E-state index in [-0.39, 0.29) is 25.7 Å². The number of phosphoric ester groups is 2. The van der Waals surface area contributed by atoms with Crippen LogP contribution in [0.1, 0.15) is 362 Å². The van der Waals surface area contributed by atoms with Crippen LogP contribution in [-0.2, 0) is 65.4 Å². The molecule has 0 heterocycles. The Kier molecular flexibility index (Phi) is 71.2. The van der Waals surface area contributed by atoms with Crippen LogP contribution in [0, 0.1) is 0 Å². The lowest BCUT2D eigenvalue weighted by Crippen LogP contribution is -2.30. The molecule has 17 nitrogen and oxygen atoms in total. The number of ether oxygens (including phenoxy) is 4. The summed E-state index contributed by atoms with van der Waals surface area (Å²) < 4.78 is 68.5. The zero-order valence-electron chi connectivity index (χ0n) is 63.6. The number of aliphatic hydroxyl groups is 1. The number of phosphoric acid groups is 2. The Morgan fingerprint density at radius 1 is 0.280 bits per heavy atom. The fourth-order valence-electron chi connectivity index (χ4n) is 11.0. The van der Waals surface area contributed by atoms with Crippen molar-refractivity contribution in [2.75, 3.05) is 39.6 Å². The minimum atomic E-state index is -4.98. The molecular weight excluding hydrogens is 1310 g/mol. The maximum absolute atomic E-state index is 13.1. The molecule has 0 aromatic rings. The van der Waals surface area contributed by atoms with E-state index in [1.807, 2.05) is 12.2 Å². The van der Waals surface area contributed by atoms with Gasteiger partial charge in [0.2, 0.25) is 0 Å². The molecule has 100 heavy (non-hydrogen) atoms. The van der Waals surface area contributed by atoms with Crippen LogP contribution in [0.5, 0.6) is 0 Å². The maximum atomic E-state index is 13.1. The molecule has 0 amide bonds. The van der Waals surface area contributed by atoms with E-state index in [9.17, 15) is 43.2 Å². The minimum Gasteiger partial charge on any atom is -0.462 e. The summed E-state index contributed by atoms with van der Waals surface area (Å²) in [5, 5.41) is 10.6. The van der Waals surface area contributed by atoms with Crippen LogP contribution < -0.4 is 0 Å². The number of carbonyl (C=O) groups is 4. The summed E-state index contributed by atoms with van der Waals surface area (Å²) in [6, 6.07) is 0. The number of unbranched alkanes of at least 4 members (excludes halogenated alkanes) is 38. The molecule has 0 aliphatic carbocycles. The molecule has 0 aliphatic rings. The van der Waals surface area contributed by atoms with Crippen molar-refractivity contribution in [2.24, 2.45) is 0 Å². The Bertz CT molecular complexity index is 2180. The first-order valence-electron chi connectivity index (χ1n) is 40.2. The van der Waals surface area contributed by atoms with Crippen LogP contribution >= 0.6 is 15.6 Å². The normalized spacial score (nSPS) is 14.3. The van der Waals surface area contributed by atoms with Crippen molar-refractivity contribution in [2.45, 2.75) is 380 Å². The van der Waals surface area contributed by atoms with Gasteiger partial charge in [0.05, 0.1) is 26.4 Å². The van der Waals surface area contributed by atoms with Crippen molar-refractivity contribution >= 4 is 39.5 Å². The topological polar surface area (TPSA) is 237 Å². The van der Waals surface area contributed by atoms with Gasteiger partial charge in [-0.1, -0.05) is 312 Å². The molecule has 0 aromatic carbocycles. The van der Waals surface area contributed by atoms with Crippen molar-refractivity contribution in [1.82, 2.24) is 0 Å². The highest BCUT2D eigenvalue weighted by atomic mass is 31.2. The molecular formula is C81H146O17P2. The summed E-state index contributed by atoms with van der Waals surface area (Å²) in [4.78, 5) is 72.9. The van der Waals surface area contributed by atoms with Gasteiger partial charge >= 0.3 is 39.5 Å². The summed E-state index contributed by atoms with van der Waals surface area (Å²) in [7, 11) is -9.96. The van der Waals surface area contributed by atoms with E-state index >= 15 is 0 Å². The third kappa shape index (κ3) is 72.8. The van der Waals surface area contributed by atoms with E-state index in [1.54, 1.807) is 0 Å². The Labute approximate surface area is 609 Å². The number of esters is 4. The van der Waals surface area contributed by atoms with Gasteiger partial charge < -0.3 is 33.8 Å². The van der Waals surface area contributed by atoms with Gasteiger partial charge in [-0.2, -0.15) is 0 Å². The quantitative estimate of drug-likeness (QED) is 0.0169. The van der Waals surface area contributed by atoms with Crippen LogP contribution in [0.3, 0.4) is 0 Å². The van der Waals surface area contributed by atoms with Crippen molar-refractivity contribution in [1.29, 1.82) is 0 Å². The van der Waals surface area contributed by atoms with Crippen molar-refractivity contribution in [3.8, 4) is 0 Å². The smallest absolute Gasteiger partial charge is 0.462 e. The van der Waals surface area contributed by atoms with Gasteiger partial charge in [-0.3, -0.25) is 37.3 Å². The molecule has 19 heteroatoms. The minimum absolute atomic E-state index is 0.0823. The van der Waals surface area contributed by atoms with E-state index in [4.69, 9.17) is 37.0 Å². The molecule has 0 rings (SSSR count). The highest BCUT2D eigenvalue weighted by molar-refractivity contribution is 7.47. The molecule has 0 aliphatic heterocycles. The van der Waals surface area contributed by atoms with Gasteiger partial charge in [-0.25, -0.2) is 9.13 Å². The number of hydrogen-bond donors (Lipinski definition) is 3. The lowest BCUT2D eigenvalue weighted by Gasteiger charge is -2.21. The molecule has 0 saturated heterocycles. The summed E-state index contributed by atoms with van der Waals surface area (Å²) in [5.41, 5.74) is 0. The zero-order valence-corrected chi connectivity index (χ0v) is 65.4. The molecule has 0 fully saturated rings. The van der Waals surface area contributed by atoms with Crippen LogP contribution in [-0.4, -0.2) is 96.7 Å². The van der Waals surface area contributed by atoms with Crippen LogP contribution in [0.15, 0.2) is 72.9 Å². The SMILES string of the molecule is CCCCC/C=C\C/C=C\C/C=C\C/C=C\CCCC(=O)OC[C@H](COP(=O)(O)OC[C@@H](O)COP(=O)(O)OC[C@@H](COC(=O)CCCCCCCCCCCCCCC)OC(=O)CCCCCCC/C=C\C/C=C\CCCCC)OC(=O)CCCCCCCCCCCCCCCCC. The van der Waals surface area contributed by atoms with Gasteiger partial charge in [0.25, 0.3) is 0 Å². The monoisotopic (exact) mass is 1450 g/mol. The molecule has 5 atom stereocenters. The Morgan fingerprint density at radius 2 is 0.500 bits per heavy atom. The Balaban J connectivity index is 5.38. The van der Waals surface area contributed by atoms with E-state index in [2.05, 4.69) is 88.5 Å². The first-order chi connectivity index (χ1) is 48.7. The molecule has 3 N–H and O–H groups in total. The molecule has 582 valence electrons. The molecule has 0 spiro atoms. The third-order valence-electron chi connectivity index (χ3n) is 17.2. The lowest BCUT2D eigenvalue weighted by atomic mass is 10.0. The van der Waals surface area contributed by atoms with E-state index < -0.39 is 97.5 Å². The Morgan fingerprint density at radius 3 is 0.810 bits per heavy atom. The maximum Gasteiger partial charge on any atom is 0.472 e. The predicted octanol–water partition coefficient (Wildman–Crippen LogP) is 23.2. The van der Waals surface area contributed by atoms with Gasteiger partial charge in [-0.05, 0) is 96.3 Å². The summed E-state index contributed by atoms with van der Waals surface area (Å²) in [5.74, 6) is -2.22. The van der Waals surface area contributed by atoms with Gasteiger partial charge in [0.1, 0.15) is 19.3 Å². The lowest BCUT2D eigenvalue weighted by molar-refractivity contribution is -0.161. The average molecular weight is 1450 g/mol. The number of carbonyl (C=O) groups excluding carboxylic acids is 4. The van der Waals surface area contributed by atoms with Crippen LogP contribution in [0.2, 0.25) is 0 Å². The van der Waals surface area contributed by atoms with E-state index in [0.717, 1.165) is 116 Å². The number of aliphatic hydroxyl groups excluding tert-OH is 1. The fourth-order valence-corrected chi connectivity index (χ4v) is 12.6. The van der Waals surface area contributed by atoms with Gasteiger partial charge in [0.15, 0.2) is 12.2 Å². The second-order valence-corrected chi connectivity index (χ2v) is 29.9. The number of rotatable bonds is 76. The molecule has 0 saturated carbocycles. The predicted molar refractivity (Wildman–Crippen MR) is 409 cm³/mol. The first kappa shape index (κ1) is 96.5. The molecule has 0 radical (unpaired) electrons. The van der Waals surface area contributed by atoms with Crippen molar-refractivity contribution in [3.63, 3.8) is 0 Å². The standard InChI is InChI=1S/C81H146O17P2/c1-5-9-13-17-21-25-29-33-36-37-40-42-46-50-54-58-62-66-79(84)92-72-77(98-81(86)68-64-60-56-52-48-44-39-35-31-27-23-19-15-11-7-3)74-96-100(89,90)94-70-75(82)69-93-99(87,88)95-73-76(71-91-78(83)65-61-57-53-49-45-41-32-28-24-20-16-12-8-4)97-80(85)67-63-59-55-51-47-43-38-34-30-26-22-18-14-10-6-2/h21-22,25-26,33-34,36,38,40,42,50,54,75-77,82H,5-20,23-24,27-32,35,37,39,41,43-49,51-53,55-74H2,1-4H3,(H,87,88)(H,89,90)/b25-21-,26-22-,36-33-,38-34-,42-40-,54-50-/t75-,76+,77+/m0/s1. The number of hydrogen-bond acceptors (Lipinski definition) is 15. The second-order valence-electron chi connectivity index (χ2n) is 27.0. The average Bonchev–Trinajstić information content (AvgIpc) is 0.945. The molecule has 0 aromatic heterocycles. The van der Waals surface area contributed by atoms with Crippen molar-refractivity contribution in [3.05, 3.63) is 72.9 Å². The third-order valence-corrected chi connectivity index (χ3v) is 19.1. The summed E-state index contributed by atoms with van der Waals surface area (Å²) in [6.07, 6.45) is 74.5. The zero-order chi connectivity index (χ0) is 73.2. The van der Waals surface area contributed by atoms with Crippen LogP contribution in [0.4, 0.5) is 0 Å². The fraction of sp³-hybridized carbons (Fsp3) is 0.802. The van der Waals surface area contributed by atoms with E-state index in [1.165, 1.54) is 161 Å². The van der Waals surface area contributed by atoms with E-state index in [0.29, 0.717) is 32.1 Å². The van der Waals surface area contributed by atoms with Gasteiger partial charge in [-0.15, -0.1) is 0 Å². The van der Waals surface area contributed by atoms with Crippen LogP contribution in [0.25, 0.3) is 0 Å². The van der Waals surface area contributed by atoms with Crippen molar-refractivity contribution < 1.29 is 80.2 Å². The van der Waals surface area contributed by atoms with Gasteiger partial charge in [0, 0.05) is 25.7 Å². The molecule has 0 bridgehead atoms. The largest absolute Gasteiger partial charge is 0.472 e. The summed E-state index contributed by atoms with van der Waals surface area (Å²) >= 11 is 0. The summed E-state index contributed by atoms with van der Waals surface area (Å²) in [6.45, 7) is 4.81. The highest BCUT2D eigenvalue weighted by Gasteiger charge is 2.30. The molecule has 2 unspecified atom stereocenters. The number of allylic oxidation sites excluding steroid dienone is 12. The highest BCUT2D eigenvalue weighted by Crippen LogP contribution is 2.45. The first-order valence-corrected chi connectivity index (χ1v) is 43.2. The second kappa shape index (κ2) is 73.8.